The van der Waals surface area contributed by atoms with Crippen LogP contribution in [0.25, 0.3) is 0 Å². The monoisotopic (exact) mass is 222 g/mol. The molecule has 1 unspecified atom stereocenters. The summed E-state index contributed by atoms with van der Waals surface area (Å²) in [4.78, 5) is 12.8. The highest BCUT2D eigenvalue weighted by atomic mass is 16.4. The van der Waals surface area contributed by atoms with Crippen molar-refractivity contribution in [3.05, 3.63) is 11.8 Å². The largest absolute Gasteiger partial charge is 0.475 e. The number of anilines is 2. The van der Waals surface area contributed by atoms with E-state index in [-0.39, 0.29) is 5.76 Å². The fourth-order valence-corrected chi connectivity index (χ4v) is 2.26. The van der Waals surface area contributed by atoms with Crippen LogP contribution in [0.5, 0.6) is 0 Å². The third-order valence-electron chi connectivity index (χ3n) is 3.27. The number of aromatic carboxylic acids is 1. The molecule has 5 heteroatoms. The fourth-order valence-electron chi connectivity index (χ4n) is 2.26. The van der Waals surface area contributed by atoms with E-state index in [9.17, 15) is 4.79 Å². The number of likely N-dealkylation sites (N-methyl/N-ethyl adjacent to an activating group) is 1. The molecule has 1 aliphatic heterocycles. The molecule has 0 aromatic carbocycles. The number of carboxylic acid groups (broad SMARTS) is 1. The van der Waals surface area contributed by atoms with Crippen molar-refractivity contribution in [2.24, 2.45) is 5.92 Å². The van der Waals surface area contributed by atoms with Gasteiger partial charge >= 0.3 is 5.97 Å². The van der Waals surface area contributed by atoms with Gasteiger partial charge in [0.15, 0.2) is 0 Å². The molecule has 0 radical (unpaired) electrons. The van der Waals surface area contributed by atoms with Gasteiger partial charge in [-0.3, -0.25) is 0 Å². The number of nitrogens with zero attached hydrogens (tertiary/aromatic N) is 1. The summed E-state index contributed by atoms with van der Waals surface area (Å²) in [7, 11) is 1.93. The van der Waals surface area contributed by atoms with Crippen LogP contribution < -0.4 is 10.2 Å². The van der Waals surface area contributed by atoms with Crippen LogP contribution in [-0.4, -0.2) is 30.7 Å². The molecule has 0 amide bonds. The normalized spacial score (nSPS) is 23.8. The van der Waals surface area contributed by atoms with E-state index in [1.165, 1.54) is 12.8 Å². The van der Waals surface area contributed by atoms with Gasteiger partial charge in [0.1, 0.15) is 0 Å². The Morgan fingerprint density at radius 2 is 2.38 bits per heavy atom. The van der Waals surface area contributed by atoms with Crippen LogP contribution in [0.2, 0.25) is 0 Å². The topological polar surface area (TPSA) is 65.7 Å². The van der Waals surface area contributed by atoms with Gasteiger partial charge in [-0.15, -0.1) is 0 Å². The summed E-state index contributed by atoms with van der Waals surface area (Å²) in [5.74, 6) is 0.349. The first-order chi connectivity index (χ1) is 7.65. The van der Waals surface area contributed by atoms with Crippen molar-refractivity contribution in [3.8, 4) is 0 Å². The Bertz CT molecular complexity index is 436. The zero-order valence-electron chi connectivity index (χ0n) is 9.06. The Labute approximate surface area is 93.0 Å². The molecule has 0 spiro atoms. The zero-order chi connectivity index (χ0) is 11.3. The molecule has 1 fully saturated rings. The Morgan fingerprint density at radius 1 is 1.62 bits per heavy atom. The molecule has 3 rings (SSSR count). The molecule has 86 valence electrons. The van der Waals surface area contributed by atoms with Gasteiger partial charge in [-0.25, -0.2) is 4.79 Å². The maximum absolute atomic E-state index is 10.8. The number of hydrogen-bond acceptors (Lipinski definition) is 4. The van der Waals surface area contributed by atoms with Gasteiger partial charge in [0.2, 0.25) is 11.6 Å². The number of rotatable bonds is 2. The van der Waals surface area contributed by atoms with Gasteiger partial charge in [-0.2, -0.15) is 0 Å². The number of fused-ring (bicyclic) bond motifs is 1. The molecule has 5 nitrogen and oxygen atoms in total. The average Bonchev–Trinajstić information content (AvgIpc) is 2.97. The molecular formula is C11H14N2O3. The predicted molar refractivity (Wildman–Crippen MR) is 59.1 cm³/mol. The van der Waals surface area contributed by atoms with Gasteiger partial charge < -0.3 is 19.7 Å². The summed E-state index contributed by atoms with van der Waals surface area (Å²) in [6, 6.07) is 2.00. The van der Waals surface area contributed by atoms with E-state index in [1.807, 2.05) is 11.9 Å². The lowest BCUT2D eigenvalue weighted by Crippen LogP contribution is -2.40. The van der Waals surface area contributed by atoms with Crippen LogP contribution in [0.15, 0.2) is 10.5 Å². The number of carboxylic acids is 1. The number of hydrogen-bond donors (Lipinski definition) is 2. The summed E-state index contributed by atoms with van der Waals surface area (Å²) in [6.07, 6.45) is 2.54. The Hall–Kier alpha value is -1.65. The lowest BCUT2D eigenvalue weighted by molar-refractivity contribution is 0.0663. The van der Waals surface area contributed by atoms with Crippen LogP contribution in [0, 0.1) is 5.92 Å². The molecule has 2 aliphatic rings. The Kier molecular flexibility index (Phi) is 1.89. The summed E-state index contributed by atoms with van der Waals surface area (Å²) in [6.45, 7) is 0.879. The first kappa shape index (κ1) is 9.57. The van der Waals surface area contributed by atoms with Gasteiger partial charge in [-0.05, 0) is 18.8 Å². The minimum absolute atomic E-state index is 0.000738. The maximum Gasteiger partial charge on any atom is 0.371 e. The molecule has 2 N–H and O–H groups in total. The number of furan rings is 1. The molecule has 1 aromatic rings. The molecular weight excluding hydrogens is 208 g/mol. The molecule has 1 aromatic heterocycles. The van der Waals surface area contributed by atoms with Gasteiger partial charge in [0, 0.05) is 25.7 Å². The van der Waals surface area contributed by atoms with Crippen LogP contribution in [0.4, 0.5) is 11.6 Å². The third-order valence-corrected chi connectivity index (χ3v) is 3.27. The predicted octanol–water partition coefficient (Wildman–Crippen LogP) is 1.62. The molecule has 1 aliphatic carbocycles. The van der Waals surface area contributed by atoms with E-state index in [1.54, 1.807) is 6.07 Å². The lowest BCUT2D eigenvalue weighted by Gasteiger charge is -2.31. The van der Waals surface area contributed by atoms with E-state index in [0.29, 0.717) is 11.9 Å². The van der Waals surface area contributed by atoms with E-state index >= 15 is 0 Å². The molecule has 16 heavy (non-hydrogen) atoms. The van der Waals surface area contributed by atoms with Crippen LogP contribution >= 0.6 is 0 Å². The molecule has 0 bridgehead atoms. The first-order valence-electron chi connectivity index (χ1n) is 5.50. The highest BCUT2D eigenvalue weighted by Crippen LogP contribution is 2.40. The standard InChI is InChI=1S/C11H14N2O3/c1-13-5-8(6-2-3-6)12-7-4-9(11(14)15)16-10(7)13/h4,6,8,12H,2-3,5H2,1H3,(H,14,15). The van der Waals surface area contributed by atoms with Crippen molar-refractivity contribution >= 4 is 17.5 Å². The summed E-state index contributed by atoms with van der Waals surface area (Å²) >= 11 is 0. The molecule has 1 atom stereocenters. The molecule has 0 saturated heterocycles. The third kappa shape index (κ3) is 1.43. The average molecular weight is 222 g/mol. The quantitative estimate of drug-likeness (QED) is 0.796. The van der Waals surface area contributed by atoms with Crippen molar-refractivity contribution in [3.63, 3.8) is 0 Å². The highest BCUT2D eigenvalue weighted by Gasteiger charge is 2.36. The van der Waals surface area contributed by atoms with Crippen molar-refractivity contribution in [2.75, 3.05) is 23.8 Å². The van der Waals surface area contributed by atoms with Crippen molar-refractivity contribution in [2.45, 2.75) is 18.9 Å². The maximum atomic E-state index is 10.8. The number of nitrogens with one attached hydrogen (secondary N) is 1. The first-order valence-corrected chi connectivity index (χ1v) is 5.50. The molecule has 1 saturated carbocycles. The van der Waals surface area contributed by atoms with Crippen LogP contribution in [-0.2, 0) is 0 Å². The smallest absolute Gasteiger partial charge is 0.371 e. The summed E-state index contributed by atoms with van der Waals surface area (Å²) < 4.78 is 5.29. The minimum atomic E-state index is -1.02. The fraction of sp³-hybridized carbons (Fsp3) is 0.545. The Morgan fingerprint density at radius 3 is 3.00 bits per heavy atom. The lowest BCUT2D eigenvalue weighted by atomic mass is 10.1. The summed E-state index contributed by atoms with van der Waals surface area (Å²) in [5.41, 5.74) is 0.808. The SMILES string of the molecule is CN1CC(C2CC2)Nc2cc(C(=O)O)oc21. The Balaban J connectivity index is 1.91. The van der Waals surface area contributed by atoms with Crippen molar-refractivity contribution in [1.82, 2.24) is 0 Å². The zero-order valence-corrected chi connectivity index (χ0v) is 9.06. The highest BCUT2D eigenvalue weighted by molar-refractivity contribution is 5.88. The second kappa shape index (κ2) is 3.17. The van der Waals surface area contributed by atoms with Crippen molar-refractivity contribution < 1.29 is 14.3 Å². The van der Waals surface area contributed by atoms with Gasteiger partial charge in [0.05, 0.1) is 5.69 Å². The van der Waals surface area contributed by atoms with E-state index in [0.717, 1.165) is 18.2 Å². The van der Waals surface area contributed by atoms with Gasteiger partial charge in [0.25, 0.3) is 0 Å². The van der Waals surface area contributed by atoms with Crippen LogP contribution in [0.1, 0.15) is 23.4 Å². The van der Waals surface area contributed by atoms with E-state index in [4.69, 9.17) is 9.52 Å². The van der Waals surface area contributed by atoms with Crippen LogP contribution in [0.3, 0.4) is 0 Å². The van der Waals surface area contributed by atoms with E-state index < -0.39 is 5.97 Å². The molecule has 2 heterocycles. The van der Waals surface area contributed by atoms with E-state index in [2.05, 4.69) is 5.32 Å². The second-order valence-corrected chi connectivity index (χ2v) is 4.60. The minimum Gasteiger partial charge on any atom is -0.475 e. The second-order valence-electron chi connectivity index (χ2n) is 4.60. The number of carbonyl (C=O) groups is 1. The summed E-state index contributed by atoms with van der Waals surface area (Å²) in [5, 5.41) is 12.2. The van der Waals surface area contributed by atoms with Crippen molar-refractivity contribution in [1.29, 1.82) is 0 Å². The van der Waals surface area contributed by atoms with Gasteiger partial charge in [-0.1, -0.05) is 0 Å².